The summed E-state index contributed by atoms with van der Waals surface area (Å²) in [5.41, 5.74) is 1.10. The molecule has 84 valence electrons. The molecule has 1 aliphatic carbocycles. The zero-order chi connectivity index (χ0) is 10.7. The van der Waals surface area contributed by atoms with E-state index in [0.29, 0.717) is 0 Å². The minimum absolute atomic E-state index is 0.263. The highest BCUT2D eigenvalue weighted by molar-refractivity contribution is 7.99. The summed E-state index contributed by atoms with van der Waals surface area (Å²) in [5.74, 6) is 0.862. The molecule has 0 amide bonds. The van der Waals surface area contributed by atoms with Crippen molar-refractivity contribution in [3.63, 3.8) is 0 Å². The first-order chi connectivity index (χ1) is 7.25. The Bertz CT molecular complexity index is 302. The largest absolute Gasteiger partial charge is 0.388 e. The molecule has 0 aromatic carbocycles. The highest BCUT2D eigenvalue weighted by atomic mass is 32.2. The average molecular weight is 242 g/mol. The monoisotopic (exact) mass is 242 g/mol. The lowest BCUT2D eigenvalue weighted by Gasteiger charge is -2.12. The van der Waals surface area contributed by atoms with Crippen LogP contribution in [-0.2, 0) is 0 Å². The topological polar surface area (TPSA) is 20.2 Å². The summed E-state index contributed by atoms with van der Waals surface area (Å²) in [7, 11) is 0. The van der Waals surface area contributed by atoms with E-state index in [2.05, 4.69) is 18.4 Å². The van der Waals surface area contributed by atoms with Crippen LogP contribution in [0, 0.1) is 6.92 Å². The summed E-state index contributed by atoms with van der Waals surface area (Å²) in [6.07, 6.45) is 5.19. The SMILES string of the molecule is Cc1cc(C(O)CSC2CCCC2)cs1. The van der Waals surface area contributed by atoms with Gasteiger partial charge in [-0.2, -0.15) is 11.8 Å². The number of aryl methyl sites for hydroxylation is 1. The van der Waals surface area contributed by atoms with Crippen LogP contribution < -0.4 is 0 Å². The normalized spacial score (nSPS) is 19.6. The van der Waals surface area contributed by atoms with Gasteiger partial charge in [0.25, 0.3) is 0 Å². The van der Waals surface area contributed by atoms with Crippen molar-refractivity contribution in [3.05, 3.63) is 21.9 Å². The van der Waals surface area contributed by atoms with E-state index in [4.69, 9.17) is 0 Å². The maximum Gasteiger partial charge on any atom is 0.0888 e. The molecule has 1 heterocycles. The summed E-state index contributed by atoms with van der Waals surface area (Å²) >= 11 is 3.67. The van der Waals surface area contributed by atoms with Crippen LogP contribution in [0.15, 0.2) is 11.4 Å². The number of aliphatic hydroxyl groups excluding tert-OH is 1. The van der Waals surface area contributed by atoms with Gasteiger partial charge in [-0.1, -0.05) is 12.8 Å². The second-order valence-electron chi connectivity index (χ2n) is 4.25. The van der Waals surface area contributed by atoms with Gasteiger partial charge in [0.05, 0.1) is 6.10 Å². The van der Waals surface area contributed by atoms with Gasteiger partial charge in [-0.3, -0.25) is 0 Å². The van der Waals surface area contributed by atoms with Gasteiger partial charge in [-0.25, -0.2) is 0 Å². The summed E-state index contributed by atoms with van der Waals surface area (Å²) in [6.45, 7) is 2.09. The lowest BCUT2D eigenvalue weighted by atomic mass is 10.2. The van der Waals surface area contributed by atoms with Gasteiger partial charge in [0.1, 0.15) is 0 Å². The Hall–Kier alpha value is 0.01000. The fourth-order valence-corrected chi connectivity index (χ4v) is 4.08. The Morgan fingerprint density at radius 3 is 2.87 bits per heavy atom. The van der Waals surface area contributed by atoms with Crippen molar-refractivity contribution < 1.29 is 5.11 Å². The molecule has 1 aliphatic rings. The lowest BCUT2D eigenvalue weighted by molar-refractivity contribution is 0.204. The summed E-state index contributed by atoms with van der Waals surface area (Å²) in [6, 6.07) is 2.10. The predicted octanol–water partition coefficient (Wildman–Crippen LogP) is 3.77. The zero-order valence-electron chi connectivity index (χ0n) is 9.11. The molecule has 0 spiro atoms. The molecule has 1 saturated carbocycles. The Balaban J connectivity index is 1.79. The van der Waals surface area contributed by atoms with E-state index in [1.54, 1.807) is 11.3 Å². The van der Waals surface area contributed by atoms with E-state index < -0.39 is 0 Å². The lowest BCUT2D eigenvalue weighted by Crippen LogP contribution is -2.03. The van der Waals surface area contributed by atoms with Gasteiger partial charge in [0.2, 0.25) is 0 Å². The van der Waals surface area contributed by atoms with Crippen LogP contribution in [0.4, 0.5) is 0 Å². The van der Waals surface area contributed by atoms with Crippen LogP contribution in [0.1, 0.15) is 42.2 Å². The van der Waals surface area contributed by atoms with Crippen LogP contribution in [0.2, 0.25) is 0 Å². The fraction of sp³-hybridized carbons (Fsp3) is 0.667. The van der Waals surface area contributed by atoms with E-state index in [-0.39, 0.29) is 6.10 Å². The van der Waals surface area contributed by atoms with Crippen LogP contribution in [-0.4, -0.2) is 16.1 Å². The maximum atomic E-state index is 9.98. The van der Waals surface area contributed by atoms with Crippen molar-refractivity contribution in [2.75, 3.05) is 5.75 Å². The van der Waals surface area contributed by atoms with E-state index in [1.165, 1.54) is 30.6 Å². The molecule has 2 rings (SSSR count). The minimum Gasteiger partial charge on any atom is -0.388 e. The number of thioether (sulfide) groups is 1. The summed E-state index contributed by atoms with van der Waals surface area (Å²) in [5, 5.41) is 12.9. The van der Waals surface area contributed by atoms with Gasteiger partial charge in [-0.05, 0) is 36.8 Å². The van der Waals surface area contributed by atoms with Gasteiger partial charge < -0.3 is 5.11 Å². The second kappa shape index (κ2) is 5.37. The van der Waals surface area contributed by atoms with Crippen molar-refractivity contribution in [1.82, 2.24) is 0 Å². The molecule has 1 unspecified atom stereocenters. The molecule has 3 heteroatoms. The number of hydrogen-bond acceptors (Lipinski definition) is 3. The molecule has 0 aliphatic heterocycles. The van der Waals surface area contributed by atoms with E-state index in [1.807, 2.05) is 11.8 Å². The maximum absolute atomic E-state index is 9.98. The van der Waals surface area contributed by atoms with Crippen LogP contribution >= 0.6 is 23.1 Å². The van der Waals surface area contributed by atoms with Crippen molar-refractivity contribution >= 4 is 23.1 Å². The zero-order valence-corrected chi connectivity index (χ0v) is 10.7. The average Bonchev–Trinajstić information content (AvgIpc) is 2.84. The van der Waals surface area contributed by atoms with Crippen LogP contribution in [0.5, 0.6) is 0 Å². The summed E-state index contributed by atoms with van der Waals surface area (Å²) in [4.78, 5) is 1.29. The Morgan fingerprint density at radius 1 is 1.53 bits per heavy atom. The first kappa shape index (κ1) is 11.5. The molecule has 1 fully saturated rings. The molecule has 0 bridgehead atoms. The Labute approximate surface area is 99.9 Å². The molecule has 1 N–H and O–H groups in total. The molecule has 15 heavy (non-hydrogen) atoms. The number of aliphatic hydroxyl groups is 1. The van der Waals surface area contributed by atoms with E-state index >= 15 is 0 Å². The third kappa shape index (κ3) is 3.23. The molecule has 1 aromatic rings. The van der Waals surface area contributed by atoms with Crippen LogP contribution in [0.3, 0.4) is 0 Å². The molecule has 0 saturated heterocycles. The van der Waals surface area contributed by atoms with Gasteiger partial charge >= 0.3 is 0 Å². The van der Waals surface area contributed by atoms with Gasteiger partial charge in [-0.15, -0.1) is 11.3 Å². The number of rotatable bonds is 4. The van der Waals surface area contributed by atoms with E-state index in [9.17, 15) is 5.11 Å². The van der Waals surface area contributed by atoms with Crippen molar-refractivity contribution in [1.29, 1.82) is 0 Å². The molecule has 1 atom stereocenters. The number of thiophene rings is 1. The first-order valence-corrected chi connectivity index (χ1v) is 7.53. The third-order valence-electron chi connectivity index (χ3n) is 2.93. The highest BCUT2D eigenvalue weighted by Crippen LogP contribution is 2.32. The van der Waals surface area contributed by atoms with Gasteiger partial charge in [0.15, 0.2) is 0 Å². The smallest absolute Gasteiger partial charge is 0.0888 e. The third-order valence-corrected chi connectivity index (χ3v) is 5.26. The highest BCUT2D eigenvalue weighted by Gasteiger charge is 2.17. The van der Waals surface area contributed by atoms with Crippen molar-refractivity contribution in [2.24, 2.45) is 0 Å². The molecule has 1 nitrogen and oxygen atoms in total. The fourth-order valence-electron chi connectivity index (χ4n) is 2.02. The Kier molecular flexibility index (Phi) is 4.12. The molecular weight excluding hydrogens is 224 g/mol. The first-order valence-electron chi connectivity index (χ1n) is 5.60. The second-order valence-corrected chi connectivity index (χ2v) is 6.69. The Morgan fingerprint density at radius 2 is 2.27 bits per heavy atom. The molecule has 0 radical (unpaired) electrons. The van der Waals surface area contributed by atoms with Crippen molar-refractivity contribution in [2.45, 2.75) is 44.0 Å². The minimum atomic E-state index is -0.263. The van der Waals surface area contributed by atoms with Crippen molar-refractivity contribution in [3.8, 4) is 0 Å². The number of hydrogen-bond donors (Lipinski definition) is 1. The quantitative estimate of drug-likeness (QED) is 0.867. The van der Waals surface area contributed by atoms with Crippen LogP contribution in [0.25, 0.3) is 0 Å². The summed E-state index contributed by atoms with van der Waals surface area (Å²) < 4.78 is 0. The van der Waals surface area contributed by atoms with E-state index in [0.717, 1.165) is 16.6 Å². The standard InChI is InChI=1S/C12H18OS2/c1-9-6-10(7-14-9)12(13)8-15-11-4-2-3-5-11/h6-7,11-13H,2-5,8H2,1H3. The predicted molar refractivity (Wildman–Crippen MR) is 68.7 cm³/mol. The molecular formula is C12H18OS2. The molecule has 1 aromatic heterocycles. The van der Waals surface area contributed by atoms with Gasteiger partial charge in [0, 0.05) is 15.9 Å².